The molecular formula is C16H33N3O. The lowest BCUT2D eigenvalue weighted by Gasteiger charge is -2.39. The van der Waals surface area contributed by atoms with Crippen LogP contribution < -0.4 is 5.32 Å². The minimum atomic E-state index is 0.393. The molecule has 2 aliphatic rings. The van der Waals surface area contributed by atoms with Gasteiger partial charge in [0.05, 0.1) is 12.8 Å². The van der Waals surface area contributed by atoms with E-state index in [9.17, 15) is 0 Å². The zero-order valence-electron chi connectivity index (χ0n) is 13.6. The van der Waals surface area contributed by atoms with Crippen LogP contribution >= 0.6 is 0 Å². The Morgan fingerprint density at radius 1 is 1.25 bits per heavy atom. The van der Waals surface area contributed by atoms with Gasteiger partial charge in [0.1, 0.15) is 0 Å². The Hall–Kier alpha value is -0.160. The van der Waals surface area contributed by atoms with Crippen molar-refractivity contribution in [3.8, 4) is 0 Å². The van der Waals surface area contributed by atoms with Crippen LogP contribution in [-0.2, 0) is 4.84 Å². The van der Waals surface area contributed by atoms with Gasteiger partial charge < -0.3 is 10.2 Å². The fourth-order valence-corrected chi connectivity index (χ4v) is 3.47. The molecule has 0 aromatic rings. The van der Waals surface area contributed by atoms with Crippen LogP contribution in [0.3, 0.4) is 0 Å². The molecule has 1 unspecified atom stereocenters. The SMILES string of the molecule is CCCN1CCC(CON(C)C(NC)C2CCC2)CC1. The third kappa shape index (κ3) is 4.42. The van der Waals surface area contributed by atoms with Crippen LogP contribution in [0.4, 0.5) is 0 Å². The second-order valence-corrected chi connectivity index (χ2v) is 6.55. The van der Waals surface area contributed by atoms with Gasteiger partial charge in [-0.1, -0.05) is 13.3 Å². The molecule has 1 saturated carbocycles. The van der Waals surface area contributed by atoms with Crippen molar-refractivity contribution in [1.29, 1.82) is 0 Å². The van der Waals surface area contributed by atoms with Crippen LogP contribution in [0.5, 0.6) is 0 Å². The Bertz CT molecular complexity index is 262. The predicted molar refractivity (Wildman–Crippen MR) is 83.4 cm³/mol. The molecule has 0 radical (unpaired) electrons. The monoisotopic (exact) mass is 283 g/mol. The van der Waals surface area contributed by atoms with E-state index >= 15 is 0 Å². The highest BCUT2D eigenvalue weighted by atomic mass is 16.7. The van der Waals surface area contributed by atoms with Crippen molar-refractivity contribution in [1.82, 2.24) is 15.3 Å². The third-order valence-corrected chi connectivity index (χ3v) is 5.04. The van der Waals surface area contributed by atoms with Crippen LogP contribution in [0, 0.1) is 11.8 Å². The van der Waals surface area contributed by atoms with E-state index in [4.69, 9.17) is 4.84 Å². The van der Waals surface area contributed by atoms with Gasteiger partial charge in [0.15, 0.2) is 0 Å². The summed E-state index contributed by atoms with van der Waals surface area (Å²) in [6.45, 7) is 6.92. The Kier molecular flexibility index (Phi) is 6.75. The lowest BCUT2D eigenvalue weighted by Crippen LogP contribution is -2.49. The molecule has 0 amide bonds. The molecule has 1 saturated heterocycles. The highest BCUT2D eigenvalue weighted by Crippen LogP contribution is 2.30. The molecule has 0 bridgehead atoms. The summed E-state index contributed by atoms with van der Waals surface area (Å²) in [6.07, 6.45) is 8.32. The number of hydrogen-bond acceptors (Lipinski definition) is 4. The Morgan fingerprint density at radius 3 is 2.45 bits per heavy atom. The summed E-state index contributed by atoms with van der Waals surface area (Å²) in [7, 11) is 4.14. The lowest BCUT2D eigenvalue weighted by molar-refractivity contribution is -0.202. The van der Waals surface area contributed by atoms with Crippen LogP contribution in [0.1, 0.15) is 45.4 Å². The van der Waals surface area contributed by atoms with Crippen LogP contribution in [0.2, 0.25) is 0 Å². The molecule has 20 heavy (non-hydrogen) atoms. The number of nitrogens with one attached hydrogen (secondary N) is 1. The normalized spacial score (nSPS) is 24.0. The molecule has 118 valence electrons. The van der Waals surface area contributed by atoms with E-state index in [0.717, 1.165) is 18.4 Å². The average molecular weight is 283 g/mol. The van der Waals surface area contributed by atoms with E-state index < -0.39 is 0 Å². The quantitative estimate of drug-likeness (QED) is 0.546. The summed E-state index contributed by atoms with van der Waals surface area (Å²) in [5, 5.41) is 5.48. The van der Waals surface area contributed by atoms with Crippen LogP contribution in [-0.4, -0.2) is 56.5 Å². The number of hydroxylamine groups is 2. The van der Waals surface area contributed by atoms with E-state index in [1.54, 1.807) is 0 Å². The predicted octanol–water partition coefficient (Wildman–Crippen LogP) is 2.32. The summed E-state index contributed by atoms with van der Waals surface area (Å²) in [5.41, 5.74) is 0. The minimum absolute atomic E-state index is 0.393. The van der Waals surface area contributed by atoms with Crippen LogP contribution in [0.15, 0.2) is 0 Å². The van der Waals surface area contributed by atoms with Gasteiger partial charge in [-0.05, 0) is 70.6 Å². The molecular weight excluding hydrogens is 250 g/mol. The number of likely N-dealkylation sites (tertiary alicyclic amines) is 1. The number of hydrogen-bond donors (Lipinski definition) is 1. The van der Waals surface area contributed by atoms with Gasteiger partial charge >= 0.3 is 0 Å². The van der Waals surface area contributed by atoms with Gasteiger partial charge in [-0.15, -0.1) is 0 Å². The van der Waals surface area contributed by atoms with Gasteiger partial charge in [-0.3, -0.25) is 4.84 Å². The minimum Gasteiger partial charge on any atom is -0.303 e. The van der Waals surface area contributed by atoms with Crippen molar-refractivity contribution in [2.24, 2.45) is 11.8 Å². The van der Waals surface area contributed by atoms with Gasteiger partial charge in [0.25, 0.3) is 0 Å². The van der Waals surface area contributed by atoms with Crippen molar-refractivity contribution in [3.63, 3.8) is 0 Å². The summed E-state index contributed by atoms with van der Waals surface area (Å²) in [6, 6.07) is 0. The Balaban J connectivity index is 1.64. The smallest absolute Gasteiger partial charge is 0.0866 e. The maximum Gasteiger partial charge on any atom is 0.0866 e. The van der Waals surface area contributed by atoms with Crippen molar-refractivity contribution in [2.75, 3.05) is 40.3 Å². The van der Waals surface area contributed by atoms with Crippen molar-refractivity contribution < 1.29 is 4.84 Å². The fraction of sp³-hybridized carbons (Fsp3) is 1.00. The first kappa shape index (κ1) is 16.2. The van der Waals surface area contributed by atoms with Crippen molar-refractivity contribution in [3.05, 3.63) is 0 Å². The number of nitrogens with zero attached hydrogens (tertiary/aromatic N) is 2. The molecule has 1 heterocycles. The van der Waals surface area contributed by atoms with Crippen molar-refractivity contribution in [2.45, 2.75) is 51.6 Å². The maximum atomic E-state index is 6.04. The molecule has 4 heteroatoms. The zero-order valence-corrected chi connectivity index (χ0v) is 13.6. The second-order valence-electron chi connectivity index (χ2n) is 6.55. The molecule has 0 aromatic heterocycles. The lowest BCUT2D eigenvalue weighted by atomic mass is 9.83. The van der Waals surface area contributed by atoms with Gasteiger partial charge in [0.2, 0.25) is 0 Å². The van der Waals surface area contributed by atoms with E-state index in [0.29, 0.717) is 6.17 Å². The summed E-state index contributed by atoms with van der Waals surface area (Å²) < 4.78 is 0. The van der Waals surface area contributed by atoms with Gasteiger partial charge in [-0.2, -0.15) is 5.06 Å². The molecule has 4 nitrogen and oxygen atoms in total. The molecule has 0 aromatic carbocycles. The van der Waals surface area contributed by atoms with E-state index in [1.807, 2.05) is 7.05 Å². The average Bonchev–Trinajstić information content (AvgIpc) is 2.41. The summed E-state index contributed by atoms with van der Waals surface area (Å²) in [5.74, 6) is 1.51. The number of piperidine rings is 1. The standard InChI is InChI=1S/C16H33N3O/c1-4-10-19-11-8-14(9-12-19)13-20-18(3)16(17-2)15-6-5-7-15/h14-17H,4-13H2,1-3H3. The van der Waals surface area contributed by atoms with E-state index in [-0.39, 0.29) is 0 Å². The molecule has 1 aliphatic heterocycles. The highest BCUT2D eigenvalue weighted by Gasteiger charge is 2.30. The largest absolute Gasteiger partial charge is 0.303 e. The first-order chi connectivity index (χ1) is 9.74. The maximum absolute atomic E-state index is 6.04. The summed E-state index contributed by atoms with van der Waals surface area (Å²) in [4.78, 5) is 8.63. The Labute approximate surface area is 124 Å². The van der Waals surface area contributed by atoms with E-state index in [2.05, 4.69) is 29.3 Å². The molecule has 0 spiro atoms. The van der Waals surface area contributed by atoms with Crippen molar-refractivity contribution >= 4 is 0 Å². The molecule has 2 fully saturated rings. The van der Waals surface area contributed by atoms with Crippen LogP contribution in [0.25, 0.3) is 0 Å². The molecule has 1 aliphatic carbocycles. The Morgan fingerprint density at radius 2 is 1.95 bits per heavy atom. The first-order valence-electron chi connectivity index (χ1n) is 8.50. The molecule has 1 N–H and O–H groups in total. The molecule has 2 rings (SSSR count). The molecule has 1 atom stereocenters. The topological polar surface area (TPSA) is 27.7 Å². The highest BCUT2D eigenvalue weighted by molar-refractivity contribution is 4.79. The van der Waals surface area contributed by atoms with E-state index in [1.165, 1.54) is 58.2 Å². The van der Waals surface area contributed by atoms with Gasteiger partial charge in [0, 0.05) is 7.05 Å². The zero-order chi connectivity index (χ0) is 14.4. The number of rotatable bonds is 8. The fourth-order valence-electron chi connectivity index (χ4n) is 3.47. The van der Waals surface area contributed by atoms with Gasteiger partial charge in [-0.25, -0.2) is 0 Å². The third-order valence-electron chi connectivity index (χ3n) is 5.04. The second kappa shape index (κ2) is 8.32. The summed E-state index contributed by atoms with van der Waals surface area (Å²) >= 11 is 0. The first-order valence-corrected chi connectivity index (χ1v) is 8.50.